The van der Waals surface area contributed by atoms with E-state index in [2.05, 4.69) is 24.0 Å². The van der Waals surface area contributed by atoms with Crippen molar-refractivity contribution in [2.24, 2.45) is 5.73 Å². The molecule has 0 amide bonds. The standard InChI is InChI=1S/C12H14ClN3O/c1-7(2)9-4-3-8(13)5-10(9)12-15-11(6-14)17-16-12/h3-5,7H,6,14H2,1-2H3. The molecule has 0 saturated carbocycles. The maximum absolute atomic E-state index is 6.00. The smallest absolute Gasteiger partial charge is 0.240 e. The third kappa shape index (κ3) is 2.48. The Balaban J connectivity index is 2.52. The molecule has 0 aliphatic rings. The molecule has 0 aliphatic heterocycles. The fourth-order valence-electron chi connectivity index (χ4n) is 1.67. The van der Waals surface area contributed by atoms with E-state index < -0.39 is 0 Å². The molecule has 0 bridgehead atoms. The molecule has 0 saturated heterocycles. The van der Waals surface area contributed by atoms with Crippen molar-refractivity contribution < 1.29 is 4.52 Å². The van der Waals surface area contributed by atoms with E-state index in [1.165, 1.54) is 0 Å². The summed E-state index contributed by atoms with van der Waals surface area (Å²) in [6.45, 7) is 4.46. The molecule has 1 heterocycles. The lowest BCUT2D eigenvalue weighted by Crippen LogP contribution is -1.97. The lowest BCUT2D eigenvalue weighted by molar-refractivity contribution is 0.380. The normalized spacial score (nSPS) is 11.1. The van der Waals surface area contributed by atoms with Gasteiger partial charge < -0.3 is 10.3 Å². The van der Waals surface area contributed by atoms with Crippen LogP contribution in [0.15, 0.2) is 22.7 Å². The van der Waals surface area contributed by atoms with Crippen molar-refractivity contribution in [1.82, 2.24) is 10.1 Å². The summed E-state index contributed by atoms with van der Waals surface area (Å²) in [6.07, 6.45) is 0. The zero-order valence-electron chi connectivity index (χ0n) is 9.77. The Morgan fingerprint density at radius 2 is 2.18 bits per heavy atom. The van der Waals surface area contributed by atoms with Gasteiger partial charge in [0.05, 0.1) is 6.54 Å². The molecular weight excluding hydrogens is 238 g/mol. The summed E-state index contributed by atoms with van der Waals surface area (Å²) in [5.74, 6) is 1.33. The van der Waals surface area contributed by atoms with E-state index in [0.29, 0.717) is 22.7 Å². The summed E-state index contributed by atoms with van der Waals surface area (Å²) in [4.78, 5) is 4.22. The summed E-state index contributed by atoms with van der Waals surface area (Å²) in [6, 6.07) is 5.70. The molecule has 0 radical (unpaired) electrons. The minimum atomic E-state index is 0.241. The zero-order chi connectivity index (χ0) is 12.4. The molecule has 1 aromatic carbocycles. The summed E-state index contributed by atoms with van der Waals surface area (Å²) in [5.41, 5.74) is 7.48. The average molecular weight is 252 g/mol. The van der Waals surface area contributed by atoms with Crippen molar-refractivity contribution in [3.05, 3.63) is 34.7 Å². The lowest BCUT2D eigenvalue weighted by atomic mass is 9.97. The summed E-state index contributed by atoms with van der Waals surface area (Å²) < 4.78 is 5.01. The zero-order valence-corrected chi connectivity index (χ0v) is 10.5. The van der Waals surface area contributed by atoms with Crippen molar-refractivity contribution in [2.75, 3.05) is 0 Å². The van der Waals surface area contributed by atoms with Crippen LogP contribution in [-0.4, -0.2) is 10.1 Å². The van der Waals surface area contributed by atoms with Gasteiger partial charge in [-0.3, -0.25) is 0 Å². The van der Waals surface area contributed by atoms with Crippen molar-refractivity contribution in [1.29, 1.82) is 0 Å². The van der Waals surface area contributed by atoms with Crippen LogP contribution in [0, 0.1) is 0 Å². The van der Waals surface area contributed by atoms with Gasteiger partial charge in [0.1, 0.15) is 0 Å². The summed E-state index contributed by atoms with van der Waals surface area (Å²) in [5, 5.41) is 4.57. The van der Waals surface area contributed by atoms with Crippen LogP contribution in [0.2, 0.25) is 5.02 Å². The van der Waals surface area contributed by atoms with E-state index in [0.717, 1.165) is 11.1 Å². The van der Waals surface area contributed by atoms with Crippen LogP contribution in [0.25, 0.3) is 11.4 Å². The highest BCUT2D eigenvalue weighted by Gasteiger charge is 2.14. The summed E-state index contributed by atoms with van der Waals surface area (Å²) in [7, 11) is 0. The van der Waals surface area contributed by atoms with Crippen molar-refractivity contribution in [2.45, 2.75) is 26.3 Å². The highest BCUT2D eigenvalue weighted by molar-refractivity contribution is 6.30. The van der Waals surface area contributed by atoms with Crippen LogP contribution in [0.4, 0.5) is 0 Å². The van der Waals surface area contributed by atoms with Gasteiger partial charge in [-0.15, -0.1) is 0 Å². The Kier molecular flexibility index (Phi) is 3.45. The predicted octanol–water partition coefficient (Wildman–Crippen LogP) is 2.97. The molecule has 5 heteroatoms. The second-order valence-corrected chi connectivity index (χ2v) is 4.54. The van der Waals surface area contributed by atoms with Gasteiger partial charge in [0.2, 0.25) is 11.7 Å². The molecule has 90 valence electrons. The van der Waals surface area contributed by atoms with Crippen molar-refractivity contribution in [3.63, 3.8) is 0 Å². The predicted molar refractivity (Wildman–Crippen MR) is 66.7 cm³/mol. The fraction of sp³-hybridized carbons (Fsp3) is 0.333. The number of halogens is 1. The van der Waals surface area contributed by atoms with Gasteiger partial charge in [-0.05, 0) is 23.6 Å². The summed E-state index contributed by atoms with van der Waals surface area (Å²) >= 11 is 6.00. The molecular formula is C12H14ClN3O. The number of aromatic nitrogens is 2. The van der Waals surface area contributed by atoms with E-state index >= 15 is 0 Å². The van der Waals surface area contributed by atoms with E-state index in [1.54, 1.807) is 0 Å². The quantitative estimate of drug-likeness (QED) is 0.911. The first-order chi connectivity index (χ1) is 8.11. The van der Waals surface area contributed by atoms with Crippen LogP contribution < -0.4 is 5.73 Å². The van der Waals surface area contributed by atoms with Gasteiger partial charge in [-0.25, -0.2) is 0 Å². The molecule has 0 fully saturated rings. The number of nitrogens with two attached hydrogens (primary N) is 1. The van der Waals surface area contributed by atoms with Crippen LogP contribution in [0.1, 0.15) is 31.2 Å². The fourth-order valence-corrected chi connectivity index (χ4v) is 1.84. The Hall–Kier alpha value is -1.39. The van der Waals surface area contributed by atoms with Gasteiger partial charge >= 0.3 is 0 Å². The molecule has 2 N–H and O–H groups in total. The van der Waals surface area contributed by atoms with Crippen molar-refractivity contribution >= 4 is 11.6 Å². The van der Waals surface area contributed by atoms with Gasteiger partial charge in [0, 0.05) is 10.6 Å². The monoisotopic (exact) mass is 251 g/mol. The molecule has 0 unspecified atom stereocenters. The maximum Gasteiger partial charge on any atom is 0.240 e. The molecule has 1 aromatic heterocycles. The topological polar surface area (TPSA) is 64.9 Å². The van der Waals surface area contributed by atoms with Crippen LogP contribution in [0.3, 0.4) is 0 Å². The highest BCUT2D eigenvalue weighted by Crippen LogP contribution is 2.29. The first kappa shape index (κ1) is 12.1. The second kappa shape index (κ2) is 4.85. The highest BCUT2D eigenvalue weighted by atomic mass is 35.5. The minimum Gasteiger partial charge on any atom is -0.338 e. The number of hydrogen-bond donors (Lipinski definition) is 1. The van der Waals surface area contributed by atoms with Gasteiger partial charge in [0.25, 0.3) is 0 Å². The van der Waals surface area contributed by atoms with E-state index in [1.807, 2.05) is 18.2 Å². The molecule has 0 aliphatic carbocycles. The SMILES string of the molecule is CC(C)c1ccc(Cl)cc1-c1noc(CN)n1. The van der Waals surface area contributed by atoms with Crippen LogP contribution in [0.5, 0.6) is 0 Å². The number of rotatable bonds is 3. The van der Waals surface area contributed by atoms with Crippen molar-refractivity contribution in [3.8, 4) is 11.4 Å². The third-order valence-corrected chi connectivity index (χ3v) is 2.76. The number of benzene rings is 1. The number of nitrogens with zero attached hydrogens (tertiary/aromatic N) is 2. The Morgan fingerprint density at radius 3 is 2.76 bits per heavy atom. The molecule has 0 spiro atoms. The molecule has 2 rings (SSSR count). The third-order valence-electron chi connectivity index (χ3n) is 2.52. The molecule has 2 aromatic rings. The van der Waals surface area contributed by atoms with Gasteiger partial charge in [0.15, 0.2) is 0 Å². The Morgan fingerprint density at radius 1 is 1.41 bits per heavy atom. The molecule has 0 atom stereocenters. The van der Waals surface area contributed by atoms with Gasteiger partial charge in [-0.2, -0.15) is 4.98 Å². The first-order valence-electron chi connectivity index (χ1n) is 5.44. The lowest BCUT2D eigenvalue weighted by Gasteiger charge is -2.10. The van der Waals surface area contributed by atoms with Gasteiger partial charge in [-0.1, -0.05) is 36.7 Å². The number of hydrogen-bond acceptors (Lipinski definition) is 4. The maximum atomic E-state index is 6.00. The Labute approximate surface area is 105 Å². The van der Waals surface area contributed by atoms with Crippen LogP contribution in [-0.2, 0) is 6.54 Å². The molecule has 17 heavy (non-hydrogen) atoms. The largest absolute Gasteiger partial charge is 0.338 e. The second-order valence-electron chi connectivity index (χ2n) is 4.10. The van der Waals surface area contributed by atoms with E-state index in [9.17, 15) is 0 Å². The Bertz CT molecular complexity index is 522. The molecule has 4 nitrogen and oxygen atoms in total. The van der Waals surface area contributed by atoms with E-state index in [4.69, 9.17) is 21.9 Å². The minimum absolute atomic E-state index is 0.241. The van der Waals surface area contributed by atoms with Crippen LogP contribution >= 0.6 is 11.6 Å². The van der Waals surface area contributed by atoms with E-state index in [-0.39, 0.29) is 6.54 Å². The average Bonchev–Trinajstić information content (AvgIpc) is 2.76. The first-order valence-corrected chi connectivity index (χ1v) is 5.82.